The van der Waals surface area contributed by atoms with Gasteiger partial charge in [0.2, 0.25) is 0 Å². The molecule has 0 saturated carbocycles. The van der Waals surface area contributed by atoms with Crippen LogP contribution in [0.2, 0.25) is 0 Å². The second-order valence-corrected chi connectivity index (χ2v) is 7.24. The molecule has 0 saturated heterocycles. The van der Waals surface area contributed by atoms with Crippen molar-refractivity contribution in [2.24, 2.45) is 4.99 Å². The number of imidazole rings is 1. The number of fused-ring (bicyclic) bond motifs is 1. The summed E-state index contributed by atoms with van der Waals surface area (Å²) in [6, 6.07) is 9.77. The third-order valence-electron chi connectivity index (χ3n) is 4.98. The zero-order valence-electron chi connectivity index (χ0n) is 17.0. The Morgan fingerprint density at radius 3 is 2.73 bits per heavy atom. The predicted molar refractivity (Wildman–Crippen MR) is 113 cm³/mol. The van der Waals surface area contributed by atoms with Crippen molar-refractivity contribution in [3.8, 4) is 5.75 Å². The Kier molecular flexibility index (Phi) is 5.61. The highest BCUT2D eigenvalue weighted by Gasteiger charge is 2.19. The van der Waals surface area contributed by atoms with Gasteiger partial charge in [0.15, 0.2) is 5.90 Å². The normalized spacial score (nSPS) is 13.7. The van der Waals surface area contributed by atoms with Crippen LogP contribution in [0.15, 0.2) is 59.4 Å². The van der Waals surface area contributed by atoms with Crippen LogP contribution < -0.4 is 10.1 Å². The zero-order valence-corrected chi connectivity index (χ0v) is 17.0. The van der Waals surface area contributed by atoms with Crippen molar-refractivity contribution in [2.75, 3.05) is 6.54 Å². The number of rotatable bonds is 5. The van der Waals surface area contributed by atoms with E-state index in [1.54, 1.807) is 18.3 Å². The highest BCUT2D eigenvalue weighted by molar-refractivity contribution is 5.95. The van der Waals surface area contributed by atoms with E-state index in [4.69, 9.17) is 4.74 Å². The molecule has 6 nitrogen and oxygen atoms in total. The molecule has 4 rings (SSSR count). The van der Waals surface area contributed by atoms with Gasteiger partial charge < -0.3 is 10.1 Å². The van der Waals surface area contributed by atoms with Crippen LogP contribution in [0.25, 0.3) is 5.65 Å². The van der Waals surface area contributed by atoms with Crippen LogP contribution in [-0.4, -0.2) is 27.7 Å². The molecule has 2 aromatic heterocycles. The van der Waals surface area contributed by atoms with Gasteiger partial charge in [0, 0.05) is 25.4 Å². The summed E-state index contributed by atoms with van der Waals surface area (Å²) in [5, 5.41) is 2.99. The lowest BCUT2D eigenvalue weighted by Crippen LogP contribution is -2.28. The lowest BCUT2D eigenvalue weighted by Gasteiger charge is -2.15. The van der Waals surface area contributed by atoms with Crippen LogP contribution in [0.1, 0.15) is 41.5 Å². The molecule has 1 aliphatic rings. The topological polar surface area (TPSA) is 68.0 Å². The van der Waals surface area contributed by atoms with Gasteiger partial charge in [-0.15, -0.1) is 0 Å². The summed E-state index contributed by atoms with van der Waals surface area (Å²) in [4.78, 5) is 21.8. The maximum Gasteiger partial charge on any atom is 0.270 e. The van der Waals surface area contributed by atoms with Crippen LogP contribution in [0.4, 0.5) is 4.39 Å². The first kappa shape index (κ1) is 19.8. The molecule has 0 radical (unpaired) electrons. The number of ether oxygens (including phenoxy) is 1. The fourth-order valence-electron chi connectivity index (χ4n) is 3.37. The molecule has 0 spiro atoms. The van der Waals surface area contributed by atoms with Crippen LogP contribution >= 0.6 is 0 Å². The van der Waals surface area contributed by atoms with E-state index in [0.29, 0.717) is 36.7 Å². The summed E-state index contributed by atoms with van der Waals surface area (Å²) >= 11 is 0. The van der Waals surface area contributed by atoms with Gasteiger partial charge >= 0.3 is 0 Å². The molecule has 3 aromatic rings. The Balaban J connectivity index is 1.42. The summed E-state index contributed by atoms with van der Waals surface area (Å²) in [6.07, 6.45) is 5.64. The molecule has 30 heavy (non-hydrogen) atoms. The van der Waals surface area contributed by atoms with Gasteiger partial charge in [0.05, 0.1) is 5.69 Å². The largest absolute Gasteiger partial charge is 0.443 e. The Hall–Kier alpha value is -3.48. The summed E-state index contributed by atoms with van der Waals surface area (Å²) < 4.78 is 20.5. The molecule has 154 valence electrons. The molecule has 7 heteroatoms. The summed E-state index contributed by atoms with van der Waals surface area (Å²) in [7, 11) is 0. The van der Waals surface area contributed by atoms with E-state index in [2.05, 4.69) is 15.3 Å². The smallest absolute Gasteiger partial charge is 0.270 e. The number of aliphatic imine (C=N–C) groups is 1. The lowest BCUT2D eigenvalue weighted by atomic mass is 10.1. The van der Waals surface area contributed by atoms with Gasteiger partial charge in [-0.2, -0.15) is 0 Å². The second kappa shape index (κ2) is 8.49. The van der Waals surface area contributed by atoms with E-state index in [1.807, 2.05) is 36.6 Å². The summed E-state index contributed by atoms with van der Waals surface area (Å²) in [6.45, 7) is 4.41. The molecular formula is C23H23FN4O2. The molecule has 0 atom stereocenters. The Bertz CT molecular complexity index is 1150. The maximum atomic E-state index is 13.0. The van der Waals surface area contributed by atoms with Crippen LogP contribution in [-0.2, 0) is 6.42 Å². The fourth-order valence-corrected chi connectivity index (χ4v) is 3.37. The maximum absolute atomic E-state index is 13.0. The number of benzene rings is 1. The quantitative estimate of drug-likeness (QED) is 0.690. The average Bonchev–Trinajstić information content (AvgIpc) is 3.12. The number of nitrogens with zero attached hydrogens (tertiary/aromatic N) is 3. The number of hydrogen-bond acceptors (Lipinski definition) is 4. The fraction of sp³-hybridized carbons (Fsp3) is 0.261. The van der Waals surface area contributed by atoms with Gasteiger partial charge in [0.1, 0.15) is 22.9 Å². The van der Waals surface area contributed by atoms with E-state index < -0.39 is 0 Å². The molecule has 0 unspecified atom stereocenters. The number of pyridine rings is 1. The first-order valence-electron chi connectivity index (χ1n) is 9.97. The predicted octanol–water partition coefficient (Wildman–Crippen LogP) is 4.23. The van der Waals surface area contributed by atoms with Crippen LogP contribution in [0.5, 0.6) is 5.75 Å². The number of aryl methyl sites for hydroxylation is 2. The van der Waals surface area contributed by atoms with Crippen molar-refractivity contribution in [1.82, 2.24) is 14.7 Å². The van der Waals surface area contributed by atoms with E-state index in [0.717, 1.165) is 28.9 Å². The first-order chi connectivity index (χ1) is 14.5. The minimum atomic E-state index is -0.307. The number of hydrogen-bond donors (Lipinski definition) is 1. The SMILES string of the molecule is CCc1nc2cc(C)ccn2c1C(=O)NCC1=CN=C(Oc2ccc(F)cc2)CC1. The van der Waals surface area contributed by atoms with Crippen molar-refractivity contribution < 1.29 is 13.9 Å². The van der Waals surface area contributed by atoms with E-state index in [-0.39, 0.29) is 11.7 Å². The number of carbonyl (C=O) groups is 1. The minimum Gasteiger partial charge on any atom is -0.443 e. The monoisotopic (exact) mass is 406 g/mol. The Morgan fingerprint density at radius 1 is 1.23 bits per heavy atom. The van der Waals surface area contributed by atoms with Crippen LogP contribution in [0, 0.1) is 12.7 Å². The number of nitrogens with one attached hydrogen (secondary N) is 1. The molecule has 1 N–H and O–H groups in total. The Labute approximate surface area is 174 Å². The first-order valence-corrected chi connectivity index (χ1v) is 9.97. The molecule has 1 aliphatic heterocycles. The van der Waals surface area contributed by atoms with E-state index in [1.165, 1.54) is 12.1 Å². The number of halogens is 1. The highest BCUT2D eigenvalue weighted by atomic mass is 19.1. The molecule has 0 fully saturated rings. The molecule has 1 amide bonds. The highest BCUT2D eigenvalue weighted by Crippen LogP contribution is 2.18. The van der Waals surface area contributed by atoms with Crippen molar-refractivity contribution in [3.63, 3.8) is 0 Å². The van der Waals surface area contributed by atoms with Crippen molar-refractivity contribution in [2.45, 2.75) is 33.1 Å². The van der Waals surface area contributed by atoms with E-state index >= 15 is 0 Å². The van der Waals surface area contributed by atoms with Crippen molar-refractivity contribution >= 4 is 17.5 Å². The standard InChI is InChI=1S/C23H23FN4O2/c1-3-19-22(28-11-10-15(2)12-20(28)27-19)23(29)26-14-16-4-9-21(25-13-16)30-18-7-5-17(24)6-8-18/h5-8,10-13H,3-4,9,14H2,1-2H3,(H,26,29). The van der Waals surface area contributed by atoms with Gasteiger partial charge in [-0.1, -0.05) is 6.92 Å². The third kappa shape index (κ3) is 4.25. The molecular weight excluding hydrogens is 383 g/mol. The number of amides is 1. The lowest BCUT2D eigenvalue weighted by molar-refractivity contribution is 0.0950. The van der Waals surface area contributed by atoms with E-state index in [9.17, 15) is 9.18 Å². The molecule has 0 bridgehead atoms. The van der Waals surface area contributed by atoms with Gasteiger partial charge in [-0.25, -0.2) is 14.4 Å². The third-order valence-corrected chi connectivity index (χ3v) is 4.98. The van der Waals surface area contributed by atoms with Gasteiger partial charge in [-0.05, 0) is 67.3 Å². The van der Waals surface area contributed by atoms with Gasteiger partial charge in [-0.3, -0.25) is 9.20 Å². The van der Waals surface area contributed by atoms with Crippen LogP contribution in [0.3, 0.4) is 0 Å². The summed E-state index contributed by atoms with van der Waals surface area (Å²) in [5.74, 6) is 0.664. The molecule has 3 heterocycles. The van der Waals surface area contributed by atoms with Crippen molar-refractivity contribution in [1.29, 1.82) is 0 Å². The number of carbonyl (C=O) groups excluding carboxylic acids is 1. The minimum absolute atomic E-state index is 0.151. The average molecular weight is 406 g/mol. The Morgan fingerprint density at radius 2 is 2.03 bits per heavy atom. The second-order valence-electron chi connectivity index (χ2n) is 7.24. The molecule has 0 aliphatic carbocycles. The van der Waals surface area contributed by atoms with Gasteiger partial charge in [0.25, 0.3) is 5.91 Å². The summed E-state index contributed by atoms with van der Waals surface area (Å²) in [5.41, 5.74) is 4.25. The number of aromatic nitrogens is 2. The zero-order chi connectivity index (χ0) is 21.1. The molecule has 1 aromatic carbocycles. The van der Waals surface area contributed by atoms with Crippen molar-refractivity contribution in [3.05, 3.63) is 77.1 Å².